The number of methoxy groups -OCH3 is 2. The minimum Gasteiger partial charge on any atom is -0.493 e. The lowest BCUT2D eigenvalue weighted by Crippen LogP contribution is -2.30. The molecule has 0 spiro atoms. The van der Waals surface area contributed by atoms with Gasteiger partial charge < -0.3 is 9.47 Å². The fourth-order valence-electron chi connectivity index (χ4n) is 2.75. The molecule has 0 heterocycles. The third-order valence-corrected chi connectivity index (χ3v) is 5.64. The number of ether oxygens (including phenoxy) is 2. The summed E-state index contributed by atoms with van der Waals surface area (Å²) >= 11 is 0. The highest BCUT2D eigenvalue weighted by Gasteiger charge is 2.35. The molecule has 128 valence electrons. The van der Waals surface area contributed by atoms with Crippen molar-refractivity contribution in [1.82, 2.24) is 4.72 Å². The van der Waals surface area contributed by atoms with Crippen molar-refractivity contribution in [2.75, 3.05) is 14.2 Å². The fraction of sp³-hybridized carbons (Fsp3) is 0.333. The molecule has 1 aliphatic carbocycles. The van der Waals surface area contributed by atoms with Crippen LogP contribution in [0.15, 0.2) is 53.4 Å². The van der Waals surface area contributed by atoms with E-state index in [1.54, 1.807) is 6.07 Å². The lowest BCUT2D eigenvalue weighted by molar-refractivity contribution is 0.354. The second-order valence-corrected chi connectivity index (χ2v) is 7.58. The molecule has 0 unspecified atom stereocenters. The van der Waals surface area contributed by atoms with Gasteiger partial charge in [-0.3, -0.25) is 0 Å². The Bertz CT molecular complexity index is 801. The third-order valence-electron chi connectivity index (χ3n) is 4.20. The van der Waals surface area contributed by atoms with E-state index in [1.807, 2.05) is 30.3 Å². The van der Waals surface area contributed by atoms with E-state index >= 15 is 0 Å². The van der Waals surface area contributed by atoms with Crippen LogP contribution in [0.25, 0.3) is 0 Å². The zero-order valence-corrected chi connectivity index (χ0v) is 14.5. The lowest BCUT2D eigenvalue weighted by atomic mass is 10.0. The Balaban J connectivity index is 1.90. The number of rotatable bonds is 7. The van der Waals surface area contributed by atoms with Crippen LogP contribution in [0, 0.1) is 5.92 Å². The van der Waals surface area contributed by atoms with Gasteiger partial charge in [-0.1, -0.05) is 30.3 Å². The summed E-state index contributed by atoms with van der Waals surface area (Å²) in [6.45, 7) is 0. The fourth-order valence-corrected chi connectivity index (χ4v) is 4.05. The number of sulfonamides is 1. The van der Waals surface area contributed by atoms with Crippen molar-refractivity contribution < 1.29 is 17.9 Å². The molecule has 24 heavy (non-hydrogen) atoms. The van der Waals surface area contributed by atoms with Gasteiger partial charge in [0.1, 0.15) is 0 Å². The molecule has 0 aliphatic heterocycles. The smallest absolute Gasteiger partial charge is 0.241 e. The molecule has 2 aromatic rings. The summed E-state index contributed by atoms with van der Waals surface area (Å²) in [5, 5.41) is 0. The molecule has 1 N–H and O–H groups in total. The molecule has 3 rings (SSSR count). The summed E-state index contributed by atoms with van der Waals surface area (Å²) in [5.74, 6) is 1.24. The van der Waals surface area contributed by atoms with Crippen LogP contribution in [0.4, 0.5) is 0 Å². The highest BCUT2D eigenvalue weighted by atomic mass is 32.2. The van der Waals surface area contributed by atoms with E-state index in [9.17, 15) is 8.42 Å². The molecular formula is C18H21NO4S. The van der Waals surface area contributed by atoms with Crippen molar-refractivity contribution in [3.8, 4) is 11.5 Å². The number of benzene rings is 2. The van der Waals surface area contributed by atoms with Crippen LogP contribution in [-0.4, -0.2) is 22.6 Å². The molecular weight excluding hydrogens is 326 g/mol. The Kier molecular flexibility index (Phi) is 4.78. The molecule has 0 amide bonds. The minimum atomic E-state index is -3.66. The second-order valence-electron chi connectivity index (χ2n) is 5.86. The van der Waals surface area contributed by atoms with Gasteiger partial charge in [0.15, 0.2) is 11.5 Å². The predicted octanol–water partition coefficient (Wildman–Crippen LogP) is 3.13. The molecule has 6 heteroatoms. The first-order valence-corrected chi connectivity index (χ1v) is 9.33. The molecule has 1 atom stereocenters. The Hall–Kier alpha value is -2.05. The first-order chi connectivity index (χ1) is 11.5. The van der Waals surface area contributed by atoms with Gasteiger partial charge in [-0.25, -0.2) is 13.1 Å². The summed E-state index contributed by atoms with van der Waals surface area (Å²) in [6.07, 6.45) is 2.07. The second kappa shape index (κ2) is 6.83. The maximum atomic E-state index is 12.8. The normalized spacial score (nSPS) is 15.8. The highest BCUT2D eigenvalue weighted by Crippen LogP contribution is 2.42. The van der Waals surface area contributed by atoms with Crippen LogP contribution >= 0.6 is 0 Å². The predicted molar refractivity (Wildman–Crippen MR) is 91.8 cm³/mol. The number of nitrogens with one attached hydrogen (secondary N) is 1. The van der Waals surface area contributed by atoms with E-state index in [4.69, 9.17) is 9.47 Å². The summed E-state index contributed by atoms with van der Waals surface area (Å²) in [5.41, 5.74) is 0.990. The number of hydrogen-bond acceptors (Lipinski definition) is 4. The van der Waals surface area contributed by atoms with Gasteiger partial charge in [-0.2, -0.15) is 0 Å². The maximum Gasteiger partial charge on any atom is 0.241 e. The molecule has 0 bridgehead atoms. The summed E-state index contributed by atoms with van der Waals surface area (Å²) in [4.78, 5) is 0.168. The van der Waals surface area contributed by atoms with Crippen LogP contribution in [0.2, 0.25) is 0 Å². The zero-order valence-electron chi connectivity index (χ0n) is 13.7. The van der Waals surface area contributed by atoms with Crippen LogP contribution < -0.4 is 14.2 Å². The molecule has 0 saturated heterocycles. The van der Waals surface area contributed by atoms with Crippen LogP contribution in [0.1, 0.15) is 24.4 Å². The molecule has 2 aromatic carbocycles. The zero-order chi connectivity index (χ0) is 17.2. The highest BCUT2D eigenvalue weighted by molar-refractivity contribution is 7.89. The molecule has 5 nitrogen and oxygen atoms in total. The molecule has 1 aliphatic rings. The van der Waals surface area contributed by atoms with E-state index in [0.29, 0.717) is 17.4 Å². The van der Waals surface area contributed by atoms with Crippen molar-refractivity contribution >= 4 is 10.0 Å². The average Bonchev–Trinajstić information content (AvgIpc) is 3.44. The van der Waals surface area contributed by atoms with Gasteiger partial charge in [-0.05, 0) is 36.5 Å². The van der Waals surface area contributed by atoms with Gasteiger partial charge >= 0.3 is 0 Å². The third kappa shape index (κ3) is 3.55. The van der Waals surface area contributed by atoms with Crippen LogP contribution in [-0.2, 0) is 10.0 Å². The van der Waals surface area contributed by atoms with E-state index < -0.39 is 10.0 Å². The van der Waals surface area contributed by atoms with Gasteiger partial charge in [0, 0.05) is 12.1 Å². The standard InChI is InChI=1S/C18H21NO4S/c1-22-16-11-10-15(12-17(16)23-2)24(20,21)19-18(14-8-9-14)13-6-4-3-5-7-13/h3-7,10-12,14,18-19H,8-9H2,1-2H3/t18-/m0/s1. The van der Waals surface area contributed by atoms with E-state index in [1.165, 1.54) is 26.4 Å². The van der Waals surface area contributed by atoms with E-state index in [-0.39, 0.29) is 10.9 Å². The van der Waals surface area contributed by atoms with Crippen molar-refractivity contribution in [1.29, 1.82) is 0 Å². The Morgan fingerprint density at radius 3 is 2.25 bits per heavy atom. The Morgan fingerprint density at radius 1 is 1.00 bits per heavy atom. The number of hydrogen-bond donors (Lipinski definition) is 1. The monoisotopic (exact) mass is 347 g/mol. The Labute approximate surface area is 142 Å². The first kappa shape index (κ1) is 16.8. The molecule has 0 radical (unpaired) electrons. The van der Waals surface area contributed by atoms with Gasteiger partial charge in [0.25, 0.3) is 0 Å². The van der Waals surface area contributed by atoms with Crippen molar-refractivity contribution in [3.63, 3.8) is 0 Å². The molecule has 1 fully saturated rings. The van der Waals surface area contributed by atoms with Crippen molar-refractivity contribution in [2.45, 2.75) is 23.8 Å². The minimum absolute atomic E-state index is 0.168. The largest absolute Gasteiger partial charge is 0.493 e. The van der Waals surface area contributed by atoms with Gasteiger partial charge in [-0.15, -0.1) is 0 Å². The SMILES string of the molecule is COc1ccc(S(=O)(=O)N[C@@H](c2ccccc2)C2CC2)cc1OC. The maximum absolute atomic E-state index is 12.8. The molecule has 1 saturated carbocycles. The summed E-state index contributed by atoms with van der Waals surface area (Å²) in [6, 6.07) is 14.1. The average molecular weight is 347 g/mol. The quantitative estimate of drug-likeness (QED) is 0.836. The van der Waals surface area contributed by atoms with Gasteiger partial charge in [0.05, 0.1) is 19.1 Å². The lowest BCUT2D eigenvalue weighted by Gasteiger charge is -2.19. The van der Waals surface area contributed by atoms with Crippen molar-refractivity contribution in [3.05, 3.63) is 54.1 Å². The molecule has 0 aromatic heterocycles. The first-order valence-electron chi connectivity index (χ1n) is 7.84. The Morgan fingerprint density at radius 2 is 1.67 bits per heavy atom. The topological polar surface area (TPSA) is 64.6 Å². The van der Waals surface area contributed by atoms with Crippen LogP contribution in [0.5, 0.6) is 11.5 Å². The van der Waals surface area contributed by atoms with Crippen LogP contribution in [0.3, 0.4) is 0 Å². The van der Waals surface area contributed by atoms with E-state index in [0.717, 1.165) is 18.4 Å². The van der Waals surface area contributed by atoms with E-state index in [2.05, 4.69) is 4.72 Å². The van der Waals surface area contributed by atoms with Crippen molar-refractivity contribution in [2.24, 2.45) is 5.92 Å². The summed E-state index contributed by atoms with van der Waals surface area (Å²) < 4.78 is 38.8. The van der Waals surface area contributed by atoms with Gasteiger partial charge in [0.2, 0.25) is 10.0 Å². The summed E-state index contributed by atoms with van der Waals surface area (Å²) in [7, 11) is -0.654.